The number of benzene rings is 3. The zero-order chi connectivity index (χ0) is 21.2. The van der Waals surface area contributed by atoms with Crippen LogP contribution in [-0.2, 0) is 23.8 Å². The molecule has 2 atom stereocenters. The second-order valence-corrected chi connectivity index (χ2v) is 9.17. The SMILES string of the molecule is O=C1c2cc(OCc3ccc4ccccc4n3)ccc2[S@@](=O)C[C@@H]1Cc1ccccc1. The molecule has 0 saturated carbocycles. The lowest BCUT2D eigenvalue weighted by Crippen LogP contribution is -2.30. The van der Waals surface area contributed by atoms with Gasteiger partial charge in [0.1, 0.15) is 12.4 Å². The van der Waals surface area contributed by atoms with Crippen LogP contribution in [0.1, 0.15) is 21.6 Å². The number of para-hydroxylation sites is 1. The third-order valence-electron chi connectivity index (χ3n) is 5.55. The van der Waals surface area contributed by atoms with Gasteiger partial charge in [-0.1, -0.05) is 54.6 Å². The summed E-state index contributed by atoms with van der Waals surface area (Å²) in [7, 11) is -1.19. The van der Waals surface area contributed by atoms with E-state index < -0.39 is 10.8 Å². The van der Waals surface area contributed by atoms with Gasteiger partial charge >= 0.3 is 0 Å². The van der Waals surface area contributed by atoms with Gasteiger partial charge in [-0.2, -0.15) is 0 Å². The van der Waals surface area contributed by atoms with E-state index in [1.165, 1.54) is 0 Å². The Balaban J connectivity index is 1.35. The zero-order valence-electron chi connectivity index (χ0n) is 16.9. The van der Waals surface area contributed by atoms with E-state index in [1.54, 1.807) is 18.2 Å². The van der Waals surface area contributed by atoms with E-state index in [4.69, 9.17) is 4.74 Å². The summed E-state index contributed by atoms with van der Waals surface area (Å²) in [5, 5.41) is 1.08. The number of hydrogen-bond donors (Lipinski definition) is 0. The van der Waals surface area contributed by atoms with E-state index in [0.717, 1.165) is 22.2 Å². The Hall–Kier alpha value is -3.31. The van der Waals surface area contributed by atoms with E-state index >= 15 is 0 Å². The van der Waals surface area contributed by atoms with Crippen LogP contribution in [-0.4, -0.2) is 20.7 Å². The Labute approximate surface area is 183 Å². The Morgan fingerprint density at radius 2 is 1.74 bits per heavy atom. The monoisotopic (exact) mass is 427 g/mol. The van der Waals surface area contributed by atoms with Gasteiger partial charge in [0.25, 0.3) is 0 Å². The third-order valence-corrected chi connectivity index (χ3v) is 7.10. The number of Topliss-reactive ketones (excluding diaryl/α,β-unsaturated/α-hetero) is 1. The fourth-order valence-electron chi connectivity index (χ4n) is 3.95. The summed E-state index contributed by atoms with van der Waals surface area (Å²) in [4.78, 5) is 18.4. The second-order valence-electron chi connectivity index (χ2n) is 7.71. The van der Waals surface area contributed by atoms with Gasteiger partial charge in [0.05, 0.1) is 22.0 Å². The first kappa shape index (κ1) is 19.6. The van der Waals surface area contributed by atoms with E-state index in [1.807, 2.05) is 66.7 Å². The Kier molecular flexibility index (Phi) is 5.35. The number of ether oxygens (including phenoxy) is 1. The molecule has 1 aliphatic heterocycles. The maximum atomic E-state index is 13.1. The number of pyridine rings is 1. The molecule has 3 aromatic carbocycles. The summed E-state index contributed by atoms with van der Waals surface area (Å²) >= 11 is 0. The Morgan fingerprint density at radius 3 is 2.61 bits per heavy atom. The molecule has 0 spiro atoms. The number of fused-ring (bicyclic) bond motifs is 2. The van der Waals surface area contributed by atoms with Gasteiger partial charge in [-0.25, -0.2) is 4.98 Å². The summed E-state index contributed by atoms with van der Waals surface area (Å²) in [6, 6.07) is 27.0. The zero-order valence-corrected chi connectivity index (χ0v) is 17.7. The maximum Gasteiger partial charge on any atom is 0.168 e. The third kappa shape index (κ3) is 4.14. The standard InChI is InChI=1S/C26H21NO3S/c28-26-20(14-18-6-2-1-3-7-18)17-31(29)25-13-12-22(15-23(25)26)30-16-21-11-10-19-8-4-5-9-24(19)27-21/h1-13,15,20H,14,16-17H2/t20-,31-/m0/s1. The average molecular weight is 428 g/mol. The smallest absolute Gasteiger partial charge is 0.168 e. The number of nitrogens with zero attached hydrogens (tertiary/aromatic N) is 1. The molecule has 0 saturated heterocycles. The minimum Gasteiger partial charge on any atom is -0.487 e. The topological polar surface area (TPSA) is 56.3 Å². The lowest BCUT2D eigenvalue weighted by Gasteiger charge is -2.23. The van der Waals surface area contributed by atoms with Crippen molar-refractivity contribution in [1.82, 2.24) is 4.98 Å². The highest BCUT2D eigenvalue weighted by Crippen LogP contribution is 2.31. The van der Waals surface area contributed by atoms with Crippen LogP contribution in [0.4, 0.5) is 0 Å². The normalized spacial score (nSPS) is 18.0. The maximum absolute atomic E-state index is 13.1. The van der Waals surface area contributed by atoms with Crippen molar-refractivity contribution in [3.8, 4) is 5.75 Å². The van der Waals surface area contributed by atoms with Gasteiger partial charge in [-0.05, 0) is 42.3 Å². The van der Waals surface area contributed by atoms with Gasteiger partial charge in [0, 0.05) is 27.5 Å². The highest BCUT2D eigenvalue weighted by atomic mass is 32.2. The van der Waals surface area contributed by atoms with Crippen molar-refractivity contribution >= 4 is 27.5 Å². The van der Waals surface area contributed by atoms with Crippen molar-refractivity contribution in [2.24, 2.45) is 5.92 Å². The van der Waals surface area contributed by atoms with E-state index in [9.17, 15) is 9.00 Å². The fraction of sp³-hybridized carbons (Fsp3) is 0.154. The Bertz CT molecular complexity index is 1290. The quantitative estimate of drug-likeness (QED) is 0.451. The van der Waals surface area contributed by atoms with E-state index in [2.05, 4.69) is 4.98 Å². The van der Waals surface area contributed by atoms with Crippen molar-refractivity contribution in [2.75, 3.05) is 5.75 Å². The van der Waals surface area contributed by atoms with E-state index in [0.29, 0.717) is 35.0 Å². The first-order valence-corrected chi connectivity index (χ1v) is 11.6. The number of hydrogen-bond acceptors (Lipinski definition) is 4. The lowest BCUT2D eigenvalue weighted by atomic mass is 9.92. The van der Waals surface area contributed by atoms with Crippen LogP contribution in [0.5, 0.6) is 5.75 Å². The van der Waals surface area contributed by atoms with Gasteiger partial charge in [-0.3, -0.25) is 9.00 Å². The number of aromatic nitrogens is 1. The predicted octanol–water partition coefficient (Wildman–Crippen LogP) is 4.98. The second kappa shape index (κ2) is 8.44. The molecule has 0 radical (unpaired) electrons. The number of carbonyl (C=O) groups is 1. The van der Waals surface area contributed by atoms with Crippen LogP contribution in [0.2, 0.25) is 0 Å². The molecule has 0 bridgehead atoms. The van der Waals surface area contributed by atoms with Crippen LogP contribution >= 0.6 is 0 Å². The van der Waals surface area contributed by atoms with Crippen molar-refractivity contribution in [2.45, 2.75) is 17.9 Å². The van der Waals surface area contributed by atoms with Gasteiger partial charge in [-0.15, -0.1) is 0 Å². The molecule has 1 aromatic heterocycles. The fourth-order valence-corrected chi connectivity index (χ4v) is 5.39. The van der Waals surface area contributed by atoms with Crippen LogP contribution in [0.15, 0.2) is 89.8 Å². The first-order chi connectivity index (χ1) is 15.2. The number of carbonyl (C=O) groups excluding carboxylic acids is 1. The minimum absolute atomic E-state index is 0.0349. The van der Waals surface area contributed by atoms with Gasteiger partial charge in [0.2, 0.25) is 0 Å². The van der Waals surface area contributed by atoms with Crippen LogP contribution in [0.3, 0.4) is 0 Å². The van der Waals surface area contributed by atoms with Crippen molar-refractivity contribution in [3.63, 3.8) is 0 Å². The van der Waals surface area contributed by atoms with Gasteiger partial charge < -0.3 is 4.74 Å². The summed E-state index contributed by atoms with van der Waals surface area (Å²) in [6.07, 6.45) is 0.594. The molecule has 4 nitrogen and oxygen atoms in total. The highest BCUT2D eigenvalue weighted by molar-refractivity contribution is 7.85. The highest BCUT2D eigenvalue weighted by Gasteiger charge is 2.32. The molecule has 0 aliphatic carbocycles. The molecule has 0 N–H and O–H groups in total. The Morgan fingerprint density at radius 1 is 0.935 bits per heavy atom. The summed E-state index contributed by atoms with van der Waals surface area (Å²) in [5.41, 5.74) is 3.32. The molecule has 4 aromatic rings. The molecule has 5 heteroatoms. The molecule has 31 heavy (non-hydrogen) atoms. The minimum atomic E-state index is -1.19. The average Bonchev–Trinajstić information content (AvgIpc) is 2.81. The predicted molar refractivity (Wildman–Crippen MR) is 122 cm³/mol. The van der Waals surface area contributed by atoms with Crippen molar-refractivity contribution in [3.05, 3.63) is 102 Å². The lowest BCUT2D eigenvalue weighted by molar-refractivity contribution is 0.0924. The van der Waals surface area contributed by atoms with Crippen LogP contribution in [0, 0.1) is 5.92 Å². The molecule has 154 valence electrons. The van der Waals surface area contributed by atoms with E-state index in [-0.39, 0.29) is 11.7 Å². The molecule has 0 amide bonds. The van der Waals surface area contributed by atoms with Crippen LogP contribution < -0.4 is 4.74 Å². The molecular weight excluding hydrogens is 406 g/mol. The molecule has 2 heterocycles. The van der Waals surface area contributed by atoms with Gasteiger partial charge in [0.15, 0.2) is 5.78 Å². The van der Waals surface area contributed by atoms with Crippen LogP contribution in [0.25, 0.3) is 10.9 Å². The molecule has 5 rings (SSSR count). The summed E-state index contributed by atoms with van der Waals surface area (Å²) in [5.74, 6) is 0.697. The molecule has 0 fully saturated rings. The number of ketones is 1. The molecule has 1 aliphatic rings. The number of rotatable bonds is 5. The van der Waals surface area contributed by atoms with Crippen molar-refractivity contribution < 1.29 is 13.7 Å². The molecule has 0 unspecified atom stereocenters. The summed E-state index contributed by atoms with van der Waals surface area (Å²) < 4.78 is 18.7. The largest absolute Gasteiger partial charge is 0.487 e. The molecular formula is C26H21NO3S. The first-order valence-electron chi connectivity index (χ1n) is 10.3. The summed E-state index contributed by atoms with van der Waals surface area (Å²) in [6.45, 7) is 0.300. The van der Waals surface area contributed by atoms with Crippen molar-refractivity contribution in [1.29, 1.82) is 0 Å².